The number of nitrogens with zero attached hydrogens (tertiary/aromatic N) is 2. The minimum Gasteiger partial charge on any atom is -0.334 e. The van der Waals surface area contributed by atoms with Gasteiger partial charge in [-0.15, -0.1) is 0 Å². The molecule has 2 fully saturated rings. The molecule has 1 aromatic rings. The van der Waals surface area contributed by atoms with E-state index in [0.717, 1.165) is 32.1 Å². The Bertz CT molecular complexity index is 575. The summed E-state index contributed by atoms with van der Waals surface area (Å²) in [4.78, 5) is 16.6. The molecule has 1 N–H and O–H groups in total. The number of hydrogen-bond acceptors (Lipinski definition) is 2. The zero-order chi connectivity index (χ0) is 16.9. The summed E-state index contributed by atoms with van der Waals surface area (Å²) in [5.74, 6) is -1.24. The van der Waals surface area contributed by atoms with Crippen molar-refractivity contribution >= 4 is 6.03 Å². The van der Waals surface area contributed by atoms with E-state index < -0.39 is 11.6 Å². The lowest BCUT2D eigenvalue weighted by Crippen LogP contribution is -2.42. The lowest BCUT2D eigenvalue weighted by molar-refractivity contribution is 0.187. The summed E-state index contributed by atoms with van der Waals surface area (Å²) in [5.41, 5.74) is 0.298. The highest BCUT2D eigenvalue weighted by Crippen LogP contribution is 2.24. The molecule has 24 heavy (non-hydrogen) atoms. The molecule has 0 aromatic heterocycles. The molecule has 1 aliphatic carbocycles. The van der Waals surface area contributed by atoms with Gasteiger partial charge in [-0.05, 0) is 25.3 Å². The first-order valence-corrected chi connectivity index (χ1v) is 8.84. The van der Waals surface area contributed by atoms with Crippen LogP contribution in [0.5, 0.6) is 0 Å². The number of urea groups is 1. The summed E-state index contributed by atoms with van der Waals surface area (Å²) in [6.45, 7) is 3.45. The Morgan fingerprint density at radius 2 is 1.88 bits per heavy atom. The average Bonchev–Trinajstić information content (AvgIpc) is 2.98. The molecule has 0 radical (unpaired) electrons. The number of hydrogen-bond donors (Lipinski definition) is 1. The van der Waals surface area contributed by atoms with Gasteiger partial charge in [0.1, 0.15) is 11.6 Å². The van der Waals surface area contributed by atoms with Crippen LogP contribution in [0.1, 0.15) is 37.7 Å². The van der Waals surface area contributed by atoms with Crippen LogP contribution in [0.25, 0.3) is 0 Å². The summed E-state index contributed by atoms with van der Waals surface area (Å²) < 4.78 is 26.5. The fraction of sp³-hybridized carbons (Fsp3) is 0.611. The molecule has 132 valence electrons. The third-order valence-electron chi connectivity index (χ3n) is 5.10. The maximum Gasteiger partial charge on any atom is 0.317 e. The van der Waals surface area contributed by atoms with Crippen molar-refractivity contribution in [1.29, 1.82) is 0 Å². The first-order chi connectivity index (χ1) is 11.6. The van der Waals surface area contributed by atoms with Gasteiger partial charge in [-0.25, -0.2) is 13.6 Å². The quantitative estimate of drug-likeness (QED) is 0.920. The molecule has 1 heterocycles. The van der Waals surface area contributed by atoms with Gasteiger partial charge in [-0.2, -0.15) is 0 Å². The molecule has 2 amide bonds. The van der Waals surface area contributed by atoms with Gasteiger partial charge in [0, 0.05) is 50.4 Å². The average molecular weight is 337 g/mol. The van der Waals surface area contributed by atoms with Crippen molar-refractivity contribution in [2.45, 2.75) is 44.7 Å². The van der Waals surface area contributed by atoms with Crippen LogP contribution in [0.15, 0.2) is 18.2 Å². The molecule has 0 unspecified atom stereocenters. The highest BCUT2D eigenvalue weighted by Gasteiger charge is 2.26. The molecule has 2 aliphatic rings. The van der Waals surface area contributed by atoms with E-state index >= 15 is 0 Å². The lowest BCUT2D eigenvalue weighted by Gasteiger charge is -2.27. The van der Waals surface area contributed by atoms with Crippen LogP contribution in [0, 0.1) is 11.6 Å². The van der Waals surface area contributed by atoms with E-state index in [2.05, 4.69) is 10.2 Å². The second-order valence-electron chi connectivity index (χ2n) is 6.71. The first kappa shape index (κ1) is 17.1. The van der Waals surface area contributed by atoms with Gasteiger partial charge in [0.2, 0.25) is 0 Å². The molecule has 0 bridgehead atoms. The van der Waals surface area contributed by atoms with E-state index in [4.69, 9.17) is 0 Å². The van der Waals surface area contributed by atoms with Crippen molar-refractivity contribution < 1.29 is 13.6 Å². The van der Waals surface area contributed by atoms with Gasteiger partial charge >= 0.3 is 6.03 Å². The standard InChI is InChI=1S/C18H25F2N3O/c19-15-7-6-14(17(20)12-15)13-21-18(24)23-9-3-8-22(10-11-23)16-4-1-2-5-16/h6-7,12,16H,1-5,8-11,13H2,(H,21,24). The Morgan fingerprint density at radius 3 is 2.62 bits per heavy atom. The molecule has 1 saturated carbocycles. The maximum atomic E-state index is 13.6. The van der Waals surface area contributed by atoms with E-state index in [1.54, 1.807) is 4.90 Å². The van der Waals surface area contributed by atoms with Crippen LogP contribution in [0.4, 0.5) is 13.6 Å². The number of carbonyl (C=O) groups excluding carboxylic acids is 1. The second-order valence-corrected chi connectivity index (χ2v) is 6.71. The summed E-state index contributed by atoms with van der Waals surface area (Å²) in [6.07, 6.45) is 6.14. The second kappa shape index (κ2) is 7.92. The predicted octanol–water partition coefficient (Wildman–Crippen LogP) is 3.12. The number of nitrogens with one attached hydrogen (secondary N) is 1. The Kier molecular flexibility index (Phi) is 5.66. The van der Waals surface area contributed by atoms with Crippen molar-refractivity contribution in [3.63, 3.8) is 0 Å². The van der Waals surface area contributed by atoms with Gasteiger partial charge in [0.15, 0.2) is 0 Å². The highest BCUT2D eigenvalue weighted by molar-refractivity contribution is 5.74. The Morgan fingerprint density at radius 1 is 1.08 bits per heavy atom. The van der Waals surface area contributed by atoms with Crippen LogP contribution < -0.4 is 5.32 Å². The largest absolute Gasteiger partial charge is 0.334 e. The Balaban J connectivity index is 1.49. The van der Waals surface area contributed by atoms with Gasteiger partial charge in [0.25, 0.3) is 0 Å². The smallest absolute Gasteiger partial charge is 0.317 e. The Hall–Kier alpha value is -1.69. The fourth-order valence-electron chi connectivity index (χ4n) is 3.72. The van der Waals surface area contributed by atoms with Crippen LogP contribution in [-0.2, 0) is 6.54 Å². The SMILES string of the molecule is O=C(NCc1ccc(F)cc1F)N1CCCN(C2CCCC2)CC1. The maximum absolute atomic E-state index is 13.6. The number of carbonyl (C=O) groups is 1. The molecule has 1 aromatic carbocycles. The fourth-order valence-corrected chi connectivity index (χ4v) is 3.72. The summed E-state index contributed by atoms with van der Waals surface area (Å²) in [7, 11) is 0. The van der Waals surface area contributed by atoms with E-state index in [9.17, 15) is 13.6 Å². The molecule has 0 atom stereocenters. The van der Waals surface area contributed by atoms with Crippen molar-refractivity contribution in [1.82, 2.24) is 15.1 Å². The summed E-state index contributed by atoms with van der Waals surface area (Å²) in [5, 5.41) is 2.75. The number of benzene rings is 1. The summed E-state index contributed by atoms with van der Waals surface area (Å²) >= 11 is 0. The van der Waals surface area contributed by atoms with Gasteiger partial charge < -0.3 is 10.2 Å². The normalized spacial score (nSPS) is 20.2. The molecule has 4 nitrogen and oxygen atoms in total. The zero-order valence-electron chi connectivity index (χ0n) is 13.9. The van der Waals surface area contributed by atoms with Crippen LogP contribution >= 0.6 is 0 Å². The molecule has 3 rings (SSSR count). The van der Waals surface area contributed by atoms with Crippen molar-refractivity contribution in [3.05, 3.63) is 35.4 Å². The number of amides is 2. The molecular formula is C18H25F2N3O. The van der Waals surface area contributed by atoms with Crippen LogP contribution in [0.2, 0.25) is 0 Å². The van der Waals surface area contributed by atoms with Gasteiger partial charge in [-0.3, -0.25) is 4.90 Å². The third kappa shape index (κ3) is 4.23. The first-order valence-electron chi connectivity index (χ1n) is 8.84. The topological polar surface area (TPSA) is 35.6 Å². The van der Waals surface area contributed by atoms with Crippen LogP contribution in [0.3, 0.4) is 0 Å². The monoisotopic (exact) mass is 337 g/mol. The van der Waals surface area contributed by atoms with E-state index in [-0.39, 0.29) is 12.6 Å². The van der Waals surface area contributed by atoms with E-state index in [0.29, 0.717) is 18.2 Å². The van der Waals surface area contributed by atoms with Gasteiger partial charge in [0.05, 0.1) is 0 Å². The predicted molar refractivity (Wildman–Crippen MR) is 88.6 cm³/mol. The number of halogens is 2. The lowest BCUT2D eigenvalue weighted by atomic mass is 10.2. The van der Waals surface area contributed by atoms with E-state index in [1.165, 1.54) is 37.8 Å². The van der Waals surface area contributed by atoms with Gasteiger partial charge in [-0.1, -0.05) is 18.9 Å². The number of rotatable bonds is 3. The molecule has 1 aliphatic heterocycles. The minimum absolute atomic E-state index is 0.0772. The molecule has 6 heteroatoms. The van der Waals surface area contributed by atoms with Crippen LogP contribution in [-0.4, -0.2) is 48.1 Å². The molecular weight excluding hydrogens is 312 g/mol. The molecule has 1 saturated heterocycles. The van der Waals surface area contributed by atoms with Crippen molar-refractivity contribution in [2.24, 2.45) is 0 Å². The summed E-state index contributed by atoms with van der Waals surface area (Å²) in [6, 6.07) is 3.92. The zero-order valence-corrected chi connectivity index (χ0v) is 13.9. The molecule has 0 spiro atoms. The van der Waals surface area contributed by atoms with Crippen molar-refractivity contribution in [3.8, 4) is 0 Å². The minimum atomic E-state index is -0.626. The highest BCUT2D eigenvalue weighted by atomic mass is 19.1. The van der Waals surface area contributed by atoms with E-state index in [1.807, 2.05) is 0 Å². The van der Waals surface area contributed by atoms with Crippen molar-refractivity contribution in [2.75, 3.05) is 26.2 Å². The Labute approximate surface area is 141 Å². The third-order valence-corrected chi connectivity index (χ3v) is 5.10.